The van der Waals surface area contributed by atoms with Crippen LogP contribution in [0.3, 0.4) is 0 Å². The van der Waals surface area contributed by atoms with Crippen molar-refractivity contribution in [2.24, 2.45) is 0 Å². The molecule has 0 aliphatic heterocycles. The first-order chi connectivity index (χ1) is 15.7. The normalized spacial score (nSPS) is 11.3. The van der Waals surface area contributed by atoms with Crippen molar-refractivity contribution in [2.75, 3.05) is 0 Å². The summed E-state index contributed by atoms with van der Waals surface area (Å²) in [6, 6.07) is 36.2. The van der Waals surface area contributed by atoms with E-state index in [9.17, 15) is 0 Å². The molecule has 0 saturated heterocycles. The molecule has 0 N–H and O–H groups in total. The van der Waals surface area contributed by atoms with E-state index in [1.807, 2.05) is 42.5 Å². The Balaban J connectivity index is 1.38. The number of benzene rings is 4. The van der Waals surface area contributed by atoms with E-state index in [0.717, 1.165) is 28.3 Å². The molecule has 152 valence electrons. The molecule has 0 bridgehead atoms. The molecule has 0 aliphatic carbocycles. The zero-order valence-electron chi connectivity index (χ0n) is 17.6. The van der Waals surface area contributed by atoms with Crippen LogP contribution >= 0.6 is 11.3 Å². The summed E-state index contributed by atoms with van der Waals surface area (Å²) in [6.45, 7) is 2.02. The second-order valence-electron chi connectivity index (χ2n) is 7.97. The number of hydrogen-bond acceptors (Lipinski definition) is 3. The fourth-order valence-corrected chi connectivity index (χ4v) is 5.26. The molecule has 0 atom stereocenters. The monoisotopic (exact) mass is 428 g/mol. The molecule has 6 rings (SSSR count). The Hall–Kier alpha value is -3.82. The standard InChI is InChI=1S/C29H20N2S/c1-19-17-26(21-7-3-2-4-8-21)31-29(30-19)22-13-11-20(12-14-22)23-15-16-28-25(18-23)24-9-5-6-10-27(24)32-28/h2-18H,1H3. The van der Waals surface area contributed by atoms with Crippen LogP contribution in [0.5, 0.6) is 0 Å². The van der Waals surface area contributed by atoms with Gasteiger partial charge in [0.15, 0.2) is 5.82 Å². The predicted molar refractivity (Wildman–Crippen MR) is 136 cm³/mol. The highest BCUT2D eigenvalue weighted by atomic mass is 32.1. The molecule has 4 aromatic carbocycles. The molecule has 2 aromatic heterocycles. The van der Waals surface area contributed by atoms with Gasteiger partial charge in [-0.2, -0.15) is 0 Å². The summed E-state index contributed by atoms with van der Waals surface area (Å²) in [5.74, 6) is 0.759. The second-order valence-corrected chi connectivity index (χ2v) is 9.05. The van der Waals surface area contributed by atoms with Crippen LogP contribution in [0.1, 0.15) is 5.69 Å². The third kappa shape index (κ3) is 3.37. The minimum Gasteiger partial charge on any atom is -0.233 e. The minimum atomic E-state index is 0.759. The van der Waals surface area contributed by atoms with Gasteiger partial charge in [0.25, 0.3) is 0 Å². The Morgan fingerprint density at radius 3 is 2.06 bits per heavy atom. The Labute approximate surface area is 190 Å². The van der Waals surface area contributed by atoms with Crippen molar-refractivity contribution < 1.29 is 0 Å². The Bertz CT molecular complexity index is 1560. The first kappa shape index (κ1) is 18.9. The average molecular weight is 429 g/mol. The zero-order chi connectivity index (χ0) is 21.5. The lowest BCUT2D eigenvalue weighted by Crippen LogP contribution is -1.95. The number of nitrogens with zero attached hydrogens (tertiary/aromatic N) is 2. The van der Waals surface area contributed by atoms with Crippen LogP contribution in [0.15, 0.2) is 103 Å². The van der Waals surface area contributed by atoms with Crippen LogP contribution in [-0.4, -0.2) is 9.97 Å². The van der Waals surface area contributed by atoms with Crippen LogP contribution < -0.4 is 0 Å². The van der Waals surface area contributed by atoms with Gasteiger partial charge in [0.2, 0.25) is 0 Å². The van der Waals surface area contributed by atoms with Gasteiger partial charge in [0.05, 0.1) is 5.69 Å². The quantitative estimate of drug-likeness (QED) is 0.284. The van der Waals surface area contributed by atoms with Crippen LogP contribution in [0, 0.1) is 6.92 Å². The first-order valence-electron chi connectivity index (χ1n) is 10.7. The SMILES string of the molecule is Cc1cc(-c2ccccc2)nc(-c2ccc(-c3ccc4sc5ccccc5c4c3)cc2)n1. The van der Waals surface area contributed by atoms with E-state index < -0.39 is 0 Å². The summed E-state index contributed by atoms with van der Waals surface area (Å²) in [7, 11) is 0. The maximum absolute atomic E-state index is 4.83. The summed E-state index contributed by atoms with van der Waals surface area (Å²) in [6.07, 6.45) is 0. The number of hydrogen-bond donors (Lipinski definition) is 0. The van der Waals surface area contributed by atoms with Gasteiger partial charge in [-0.3, -0.25) is 0 Å². The summed E-state index contributed by atoms with van der Waals surface area (Å²) in [4.78, 5) is 9.53. The molecule has 3 heteroatoms. The summed E-state index contributed by atoms with van der Waals surface area (Å²) < 4.78 is 2.66. The van der Waals surface area contributed by atoms with Crippen LogP contribution in [0.4, 0.5) is 0 Å². The zero-order valence-corrected chi connectivity index (χ0v) is 18.4. The highest BCUT2D eigenvalue weighted by molar-refractivity contribution is 7.25. The number of thiophene rings is 1. The number of aryl methyl sites for hydroxylation is 1. The Morgan fingerprint density at radius 1 is 0.531 bits per heavy atom. The van der Waals surface area contributed by atoms with Gasteiger partial charge in [-0.1, -0.05) is 78.9 Å². The Kier molecular flexibility index (Phi) is 4.55. The molecule has 0 aliphatic rings. The third-order valence-electron chi connectivity index (χ3n) is 5.78. The fourth-order valence-electron chi connectivity index (χ4n) is 4.17. The minimum absolute atomic E-state index is 0.759. The van der Waals surface area contributed by atoms with Crippen molar-refractivity contribution in [3.8, 4) is 33.8 Å². The molecule has 0 radical (unpaired) electrons. The number of rotatable bonds is 3. The van der Waals surface area contributed by atoms with E-state index in [1.165, 1.54) is 31.3 Å². The highest BCUT2D eigenvalue weighted by Gasteiger charge is 2.09. The smallest absolute Gasteiger partial charge is 0.160 e. The average Bonchev–Trinajstić information content (AvgIpc) is 3.22. The summed E-state index contributed by atoms with van der Waals surface area (Å²) in [5, 5.41) is 2.65. The van der Waals surface area contributed by atoms with E-state index in [0.29, 0.717) is 0 Å². The van der Waals surface area contributed by atoms with Crippen LogP contribution in [0.2, 0.25) is 0 Å². The van der Waals surface area contributed by atoms with Gasteiger partial charge in [0, 0.05) is 37.0 Å². The summed E-state index contributed by atoms with van der Waals surface area (Å²) >= 11 is 1.85. The van der Waals surface area contributed by atoms with Gasteiger partial charge < -0.3 is 0 Å². The highest BCUT2D eigenvalue weighted by Crippen LogP contribution is 2.36. The molecule has 6 aromatic rings. The molecule has 0 saturated carbocycles. The van der Waals surface area contributed by atoms with E-state index in [1.54, 1.807) is 0 Å². The van der Waals surface area contributed by atoms with Crippen LogP contribution in [0.25, 0.3) is 53.9 Å². The predicted octanol–water partition coefficient (Wildman–Crippen LogP) is 8.15. The fraction of sp³-hybridized carbons (Fsp3) is 0.0345. The van der Waals surface area contributed by atoms with E-state index in [4.69, 9.17) is 9.97 Å². The lowest BCUT2D eigenvalue weighted by atomic mass is 10.0. The van der Waals surface area contributed by atoms with E-state index in [2.05, 4.69) is 78.9 Å². The maximum Gasteiger partial charge on any atom is 0.160 e. The molecule has 0 spiro atoms. The van der Waals surface area contributed by atoms with Crippen molar-refractivity contribution >= 4 is 31.5 Å². The third-order valence-corrected chi connectivity index (χ3v) is 6.93. The maximum atomic E-state index is 4.83. The van der Waals surface area contributed by atoms with E-state index in [-0.39, 0.29) is 0 Å². The van der Waals surface area contributed by atoms with Crippen molar-refractivity contribution in [1.29, 1.82) is 0 Å². The largest absolute Gasteiger partial charge is 0.233 e. The molecular formula is C29H20N2S. The van der Waals surface area contributed by atoms with Gasteiger partial charge >= 0.3 is 0 Å². The molecule has 32 heavy (non-hydrogen) atoms. The second kappa shape index (κ2) is 7.70. The molecule has 0 unspecified atom stereocenters. The van der Waals surface area contributed by atoms with Crippen molar-refractivity contribution in [2.45, 2.75) is 6.92 Å². The molecule has 0 fully saturated rings. The van der Waals surface area contributed by atoms with Crippen molar-refractivity contribution in [3.05, 3.63) is 109 Å². The van der Waals surface area contributed by atoms with E-state index >= 15 is 0 Å². The first-order valence-corrected chi connectivity index (χ1v) is 11.5. The molecular weight excluding hydrogens is 408 g/mol. The van der Waals surface area contributed by atoms with Crippen molar-refractivity contribution in [3.63, 3.8) is 0 Å². The molecule has 2 heterocycles. The van der Waals surface area contributed by atoms with Gasteiger partial charge in [0.1, 0.15) is 0 Å². The van der Waals surface area contributed by atoms with Crippen molar-refractivity contribution in [1.82, 2.24) is 9.97 Å². The molecule has 2 nitrogen and oxygen atoms in total. The topological polar surface area (TPSA) is 25.8 Å². The molecule has 0 amide bonds. The van der Waals surface area contributed by atoms with Crippen LogP contribution in [-0.2, 0) is 0 Å². The van der Waals surface area contributed by atoms with Gasteiger partial charge in [-0.15, -0.1) is 11.3 Å². The summed E-state index contributed by atoms with van der Waals surface area (Å²) in [5.41, 5.74) is 6.47. The number of fused-ring (bicyclic) bond motifs is 3. The van der Waals surface area contributed by atoms with Gasteiger partial charge in [-0.25, -0.2) is 9.97 Å². The number of aromatic nitrogens is 2. The lowest BCUT2D eigenvalue weighted by molar-refractivity contribution is 1.12. The Morgan fingerprint density at radius 2 is 1.22 bits per heavy atom. The van der Waals surface area contributed by atoms with Gasteiger partial charge in [-0.05, 0) is 42.3 Å². The lowest BCUT2D eigenvalue weighted by Gasteiger charge is -2.08.